The summed E-state index contributed by atoms with van der Waals surface area (Å²) >= 11 is 3.48. The Morgan fingerprint density at radius 1 is 1.27 bits per heavy atom. The summed E-state index contributed by atoms with van der Waals surface area (Å²) in [6.45, 7) is 7.10. The molecule has 0 bridgehead atoms. The highest BCUT2D eigenvalue weighted by atomic mass is 79.9. The van der Waals surface area contributed by atoms with Crippen LogP contribution in [0.5, 0.6) is 0 Å². The van der Waals surface area contributed by atoms with Crippen LogP contribution in [-0.2, 0) is 4.79 Å². The summed E-state index contributed by atoms with van der Waals surface area (Å²) < 4.78 is 0.937. The number of pyridine rings is 2. The Hall–Kier alpha value is -2.81. The maximum Gasteiger partial charge on any atom is 0.217 e. The molecule has 0 saturated carbocycles. The number of carbonyl (C=O) groups excluding carboxylic acids is 1. The molecule has 4 rings (SSSR count). The number of aryl methyl sites for hydroxylation is 1. The number of nitrogens with one attached hydrogen (secondary N) is 2. The van der Waals surface area contributed by atoms with E-state index in [1.807, 2.05) is 25.3 Å². The number of fused-ring (bicyclic) bond motifs is 1. The SMILES string of the molecule is CC(=O)N[C@@H]1CCN(c2cc3c(NC(C)c4cncc(Br)c4)nc(C)nc3cn2)C1. The normalized spacial score (nSPS) is 17.2. The molecular weight excluding hydrogens is 446 g/mol. The van der Waals surface area contributed by atoms with Gasteiger partial charge in [0.1, 0.15) is 17.5 Å². The van der Waals surface area contributed by atoms with Crippen molar-refractivity contribution in [2.75, 3.05) is 23.3 Å². The van der Waals surface area contributed by atoms with Gasteiger partial charge in [0.15, 0.2) is 0 Å². The molecule has 1 amide bonds. The van der Waals surface area contributed by atoms with E-state index in [0.29, 0.717) is 5.82 Å². The Morgan fingerprint density at radius 3 is 2.87 bits per heavy atom. The fraction of sp³-hybridized carbons (Fsp3) is 0.381. The Bertz CT molecular complexity index is 1090. The molecule has 1 aliphatic rings. The van der Waals surface area contributed by atoms with E-state index in [9.17, 15) is 4.79 Å². The molecule has 1 saturated heterocycles. The first kappa shape index (κ1) is 20.5. The minimum atomic E-state index is -0.000270. The summed E-state index contributed by atoms with van der Waals surface area (Å²) in [6, 6.07) is 4.23. The molecule has 0 radical (unpaired) electrons. The summed E-state index contributed by atoms with van der Waals surface area (Å²) in [7, 11) is 0. The Balaban J connectivity index is 1.63. The smallest absolute Gasteiger partial charge is 0.217 e. The second-order valence-corrected chi connectivity index (χ2v) is 8.53. The van der Waals surface area contributed by atoms with Gasteiger partial charge in [-0.05, 0) is 53.9 Å². The Morgan fingerprint density at radius 2 is 2.10 bits per heavy atom. The molecule has 2 N–H and O–H groups in total. The van der Waals surface area contributed by atoms with Crippen LogP contribution in [0.4, 0.5) is 11.6 Å². The van der Waals surface area contributed by atoms with Crippen LogP contribution in [0.2, 0.25) is 0 Å². The van der Waals surface area contributed by atoms with Crippen molar-refractivity contribution in [3.8, 4) is 0 Å². The van der Waals surface area contributed by atoms with Gasteiger partial charge in [0.05, 0.1) is 17.8 Å². The van der Waals surface area contributed by atoms with Crippen LogP contribution in [0, 0.1) is 6.92 Å². The van der Waals surface area contributed by atoms with Crippen LogP contribution < -0.4 is 15.5 Å². The molecule has 3 aromatic heterocycles. The minimum absolute atomic E-state index is 0.000270. The number of carbonyl (C=O) groups is 1. The Kier molecular flexibility index (Phi) is 5.80. The van der Waals surface area contributed by atoms with E-state index in [2.05, 4.69) is 58.3 Å². The zero-order chi connectivity index (χ0) is 21.3. The maximum absolute atomic E-state index is 11.4. The summed E-state index contributed by atoms with van der Waals surface area (Å²) in [5.74, 6) is 2.32. The van der Waals surface area contributed by atoms with Crippen molar-refractivity contribution in [2.45, 2.75) is 39.3 Å². The molecule has 9 heteroatoms. The van der Waals surface area contributed by atoms with E-state index >= 15 is 0 Å². The molecule has 1 aliphatic heterocycles. The predicted molar refractivity (Wildman–Crippen MR) is 120 cm³/mol. The second-order valence-electron chi connectivity index (χ2n) is 7.61. The number of hydrogen-bond acceptors (Lipinski definition) is 7. The topological polar surface area (TPSA) is 95.9 Å². The summed E-state index contributed by atoms with van der Waals surface area (Å²) in [4.78, 5) is 31.6. The van der Waals surface area contributed by atoms with Crippen molar-refractivity contribution < 1.29 is 4.79 Å². The molecule has 156 valence electrons. The van der Waals surface area contributed by atoms with Crippen LogP contribution in [0.3, 0.4) is 0 Å². The van der Waals surface area contributed by atoms with E-state index in [4.69, 9.17) is 0 Å². The molecule has 0 aliphatic carbocycles. The summed E-state index contributed by atoms with van der Waals surface area (Å²) in [5.41, 5.74) is 1.85. The third-order valence-electron chi connectivity index (χ3n) is 5.18. The third kappa shape index (κ3) is 4.51. The number of amides is 1. The highest BCUT2D eigenvalue weighted by molar-refractivity contribution is 9.10. The van der Waals surface area contributed by atoms with Crippen molar-refractivity contribution in [1.29, 1.82) is 0 Å². The second kappa shape index (κ2) is 8.51. The number of aromatic nitrogens is 4. The van der Waals surface area contributed by atoms with E-state index in [-0.39, 0.29) is 18.0 Å². The van der Waals surface area contributed by atoms with Crippen LogP contribution in [0.25, 0.3) is 10.9 Å². The van der Waals surface area contributed by atoms with Gasteiger partial charge in [-0.3, -0.25) is 9.78 Å². The van der Waals surface area contributed by atoms with Gasteiger partial charge in [0, 0.05) is 48.3 Å². The summed E-state index contributed by atoms with van der Waals surface area (Å²) in [5, 5.41) is 7.42. The van der Waals surface area contributed by atoms with Gasteiger partial charge in [0.2, 0.25) is 5.91 Å². The minimum Gasteiger partial charge on any atom is -0.363 e. The van der Waals surface area contributed by atoms with Gasteiger partial charge < -0.3 is 15.5 Å². The van der Waals surface area contributed by atoms with Gasteiger partial charge in [-0.1, -0.05) is 0 Å². The lowest BCUT2D eigenvalue weighted by atomic mass is 10.1. The first-order valence-corrected chi connectivity index (χ1v) is 10.7. The van der Waals surface area contributed by atoms with E-state index in [0.717, 1.165) is 52.1 Å². The molecule has 4 heterocycles. The van der Waals surface area contributed by atoms with Gasteiger partial charge in [-0.25, -0.2) is 15.0 Å². The van der Waals surface area contributed by atoms with Crippen LogP contribution >= 0.6 is 15.9 Å². The fourth-order valence-corrected chi connectivity index (χ4v) is 4.13. The van der Waals surface area contributed by atoms with Crippen molar-refractivity contribution >= 4 is 44.4 Å². The quantitative estimate of drug-likeness (QED) is 0.590. The number of anilines is 2. The number of hydrogen-bond donors (Lipinski definition) is 2. The number of nitrogens with zero attached hydrogens (tertiary/aromatic N) is 5. The van der Waals surface area contributed by atoms with Gasteiger partial charge in [-0.15, -0.1) is 0 Å². The maximum atomic E-state index is 11.4. The largest absolute Gasteiger partial charge is 0.363 e. The predicted octanol–water partition coefficient (Wildman–Crippen LogP) is 3.38. The molecule has 1 fully saturated rings. The fourth-order valence-electron chi connectivity index (χ4n) is 3.75. The standard InChI is InChI=1S/C21H24BrN7O/c1-12(15-6-16(22)9-23-8-15)25-21-18-7-20(24-10-19(18)26-13(2)27-21)29-5-4-17(11-29)28-14(3)30/h6-10,12,17H,4-5,11H2,1-3H3,(H,28,30)(H,25,26,27)/t12?,17-/m1/s1. The zero-order valence-corrected chi connectivity index (χ0v) is 18.8. The van der Waals surface area contributed by atoms with Gasteiger partial charge in [-0.2, -0.15) is 0 Å². The highest BCUT2D eigenvalue weighted by Gasteiger charge is 2.24. The highest BCUT2D eigenvalue weighted by Crippen LogP contribution is 2.29. The lowest BCUT2D eigenvalue weighted by Crippen LogP contribution is -2.35. The lowest BCUT2D eigenvalue weighted by molar-refractivity contribution is -0.119. The van der Waals surface area contributed by atoms with Gasteiger partial charge in [0.25, 0.3) is 0 Å². The Labute approximate surface area is 183 Å². The molecular formula is C21H24BrN7O. The number of rotatable bonds is 5. The van der Waals surface area contributed by atoms with Crippen LogP contribution in [-0.4, -0.2) is 45.0 Å². The zero-order valence-electron chi connectivity index (χ0n) is 17.2. The van der Waals surface area contributed by atoms with E-state index in [1.165, 1.54) is 0 Å². The monoisotopic (exact) mass is 469 g/mol. The van der Waals surface area contributed by atoms with E-state index < -0.39 is 0 Å². The first-order valence-electron chi connectivity index (χ1n) is 9.92. The molecule has 0 aromatic carbocycles. The van der Waals surface area contributed by atoms with Crippen molar-refractivity contribution in [3.63, 3.8) is 0 Å². The van der Waals surface area contributed by atoms with Crippen molar-refractivity contribution in [3.05, 3.63) is 46.6 Å². The first-order chi connectivity index (χ1) is 14.4. The molecule has 2 atom stereocenters. The molecule has 1 unspecified atom stereocenters. The third-order valence-corrected chi connectivity index (χ3v) is 5.61. The molecule has 3 aromatic rings. The van der Waals surface area contributed by atoms with Crippen molar-refractivity contribution in [1.82, 2.24) is 25.3 Å². The van der Waals surface area contributed by atoms with E-state index in [1.54, 1.807) is 19.3 Å². The van der Waals surface area contributed by atoms with Crippen LogP contribution in [0.1, 0.15) is 37.7 Å². The average Bonchev–Trinajstić information content (AvgIpc) is 3.15. The summed E-state index contributed by atoms with van der Waals surface area (Å²) in [6.07, 6.45) is 6.31. The average molecular weight is 470 g/mol. The lowest BCUT2D eigenvalue weighted by Gasteiger charge is -2.20. The van der Waals surface area contributed by atoms with Crippen molar-refractivity contribution in [2.24, 2.45) is 0 Å². The molecule has 0 spiro atoms. The number of halogens is 1. The molecule has 30 heavy (non-hydrogen) atoms. The molecule has 8 nitrogen and oxygen atoms in total. The van der Waals surface area contributed by atoms with Crippen LogP contribution in [0.15, 0.2) is 35.2 Å². The van der Waals surface area contributed by atoms with Gasteiger partial charge >= 0.3 is 0 Å².